The van der Waals surface area contributed by atoms with Gasteiger partial charge in [0, 0.05) is 5.69 Å². The Kier molecular flexibility index (Phi) is 4.63. The molecule has 1 saturated carbocycles. The minimum Gasteiger partial charge on any atom is -0.489 e. The van der Waals surface area contributed by atoms with Gasteiger partial charge in [0.15, 0.2) is 0 Å². The fraction of sp³-hybridized carbons (Fsp3) is 0.316. The lowest BCUT2D eigenvalue weighted by atomic mass is 9.98. The predicted molar refractivity (Wildman–Crippen MR) is 91.2 cm³/mol. The number of rotatable bonds is 5. The van der Waals surface area contributed by atoms with Crippen molar-refractivity contribution in [1.29, 1.82) is 0 Å². The van der Waals surface area contributed by atoms with Crippen LogP contribution < -0.4 is 15.8 Å². The Labute approximate surface area is 136 Å². The highest BCUT2D eigenvalue weighted by Crippen LogP contribution is 2.28. The van der Waals surface area contributed by atoms with Gasteiger partial charge in [0.2, 0.25) is 5.91 Å². The molecular formula is C19H22N2O2. The first-order valence-corrected chi connectivity index (χ1v) is 8.03. The lowest BCUT2D eigenvalue weighted by Crippen LogP contribution is -2.48. The fourth-order valence-electron chi connectivity index (χ4n) is 2.86. The summed E-state index contributed by atoms with van der Waals surface area (Å²) in [5.74, 6) is 0.683. The van der Waals surface area contributed by atoms with Gasteiger partial charge < -0.3 is 15.8 Å². The highest BCUT2D eigenvalue weighted by Gasteiger charge is 2.36. The minimum atomic E-state index is -0.706. The average Bonchev–Trinajstić information content (AvgIpc) is 3.03. The van der Waals surface area contributed by atoms with Crippen molar-refractivity contribution in [3.63, 3.8) is 0 Å². The van der Waals surface area contributed by atoms with Gasteiger partial charge in [-0.25, -0.2) is 0 Å². The van der Waals surface area contributed by atoms with E-state index in [-0.39, 0.29) is 5.91 Å². The number of nitrogens with one attached hydrogen (secondary N) is 1. The van der Waals surface area contributed by atoms with Gasteiger partial charge in [-0.05, 0) is 42.7 Å². The molecular weight excluding hydrogens is 288 g/mol. The van der Waals surface area contributed by atoms with Gasteiger partial charge in [-0.3, -0.25) is 4.79 Å². The Hall–Kier alpha value is -2.33. The lowest BCUT2D eigenvalue weighted by Gasteiger charge is -2.22. The first-order valence-electron chi connectivity index (χ1n) is 8.03. The zero-order valence-electron chi connectivity index (χ0n) is 13.1. The molecule has 1 fully saturated rings. The molecule has 4 heteroatoms. The second-order valence-electron chi connectivity index (χ2n) is 6.12. The van der Waals surface area contributed by atoms with Crippen LogP contribution in [0.3, 0.4) is 0 Å². The van der Waals surface area contributed by atoms with Gasteiger partial charge in [0.05, 0.1) is 5.54 Å². The van der Waals surface area contributed by atoms with Crippen LogP contribution in [-0.2, 0) is 11.4 Å². The summed E-state index contributed by atoms with van der Waals surface area (Å²) in [5.41, 5.74) is 7.32. The zero-order chi connectivity index (χ0) is 16.1. The molecule has 0 atom stereocenters. The Morgan fingerprint density at radius 3 is 2.35 bits per heavy atom. The molecule has 0 heterocycles. The third-order valence-corrected chi connectivity index (χ3v) is 4.31. The molecule has 120 valence electrons. The van der Waals surface area contributed by atoms with E-state index in [0.717, 1.165) is 42.7 Å². The molecule has 0 unspecified atom stereocenters. The molecule has 0 aliphatic heterocycles. The van der Waals surface area contributed by atoms with Crippen LogP contribution in [0.5, 0.6) is 5.75 Å². The van der Waals surface area contributed by atoms with Gasteiger partial charge >= 0.3 is 0 Å². The first kappa shape index (κ1) is 15.6. The molecule has 1 amide bonds. The molecule has 1 aliphatic carbocycles. The Morgan fingerprint density at radius 2 is 1.70 bits per heavy atom. The van der Waals surface area contributed by atoms with Gasteiger partial charge in [-0.2, -0.15) is 0 Å². The number of carbonyl (C=O) groups is 1. The maximum absolute atomic E-state index is 12.3. The monoisotopic (exact) mass is 310 g/mol. The van der Waals surface area contributed by atoms with E-state index >= 15 is 0 Å². The SMILES string of the molecule is NC1(C(=O)Nc2ccc(OCc3ccccc3)cc2)CCCC1. The molecule has 3 N–H and O–H groups in total. The molecule has 2 aromatic carbocycles. The Bertz CT molecular complexity index is 647. The smallest absolute Gasteiger partial charge is 0.244 e. The van der Waals surface area contributed by atoms with Gasteiger partial charge in [0.25, 0.3) is 0 Å². The number of amides is 1. The molecule has 3 rings (SSSR count). The van der Waals surface area contributed by atoms with Crippen LogP contribution in [0.1, 0.15) is 31.2 Å². The summed E-state index contributed by atoms with van der Waals surface area (Å²) in [6.07, 6.45) is 3.57. The van der Waals surface area contributed by atoms with Gasteiger partial charge in [-0.15, -0.1) is 0 Å². The quantitative estimate of drug-likeness (QED) is 0.888. The van der Waals surface area contributed by atoms with Crippen LogP contribution in [0.25, 0.3) is 0 Å². The molecule has 23 heavy (non-hydrogen) atoms. The average molecular weight is 310 g/mol. The van der Waals surface area contributed by atoms with Gasteiger partial charge in [-0.1, -0.05) is 43.2 Å². The highest BCUT2D eigenvalue weighted by molar-refractivity contribution is 5.98. The van der Waals surface area contributed by atoms with Crippen molar-refractivity contribution >= 4 is 11.6 Å². The van der Waals surface area contributed by atoms with E-state index in [1.807, 2.05) is 54.6 Å². The van der Waals surface area contributed by atoms with E-state index in [4.69, 9.17) is 10.5 Å². The summed E-state index contributed by atoms with van der Waals surface area (Å²) in [6, 6.07) is 17.4. The predicted octanol–water partition coefficient (Wildman–Crippen LogP) is 3.48. The highest BCUT2D eigenvalue weighted by atomic mass is 16.5. The Morgan fingerprint density at radius 1 is 1.04 bits per heavy atom. The molecule has 0 saturated heterocycles. The molecule has 1 aliphatic rings. The van der Waals surface area contributed by atoms with E-state index in [1.165, 1.54) is 0 Å². The molecule has 0 spiro atoms. The van der Waals surface area contributed by atoms with E-state index in [0.29, 0.717) is 6.61 Å². The number of carbonyl (C=O) groups excluding carboxylic acids is 1. The van der Waals surface area contributed by atoms with Crippen LogP contribution in [0.4, 0.5) is 5.69 Å². The van der Waals surface area contributed by atoms with Gasteiger partial charge in [0.1, 0.15) is 12.4 Å². The van der Waals surface area contributed by atoms with Crippen molar-refractivity contribution in [2.24, 2.45) is 5.73 Å². The third kappa shape index (κ3) is 3.90. The largest absolute Gasteiger partial charge is 0.489 e. The maximum Gasteiger partial charge on any atom is 0.244 e. The molecule has 0 bridgehead atoms. The minimum absolute atomic E-state index is 0.0899. The topological polar surface area (TPSA) is 64.4 Å². The number of ether oxygens (including phenoxy) is 1. The van der Waals surface area contributed by atoms with Crippen LogP contribution in [0, 0.1) is 0 Å². The fourth-order valence-corrected chi connectivity index (χ4v) is 2.86. The molecule has 2 aromatic rings. The molecule has 0 aromatic heterocycles. The number of benzene rings is 2. The summed E-state index contributed by atoms with van der Waals surface area (Å²) in [7, 11) is 0. The standard InChI is InChI=1S/C19H22N2O2/c20-19(12-4-5-13-19)18(22)21-16-8-10-17(11-9-16)23-14-15-6-2-1-3-7-15/h1-3,6-11H,4-5,12-14,20H2,(H,21,22). The Balaban J connectivity index is 1.55. The van der Waals surface area contributed by atoms with E-state index in [2.05, 4.69) is 5.32 Å². The number of nitrogens with two attached hydrogens (primary N) is 1. The maximum atomic E-state index is 12.3. The van der Waals surface area contributed by atoms with E-state index < -0.39 is 5.54 Å². The zero-order valence-corrected chi connectivity index (χ0v) is 13.1. The normalized spacial score (nSPS) is 16.0. The van der Waals surface area contributed by atoms with E-state index in [1.54, 1.807) is 0 Å². The third-order valence-electron chi connectivity index (χ3n) is 4.31. The summed E-state index contributed by atoms with van der Waals surface area (Å²) in [5, 5.41) is 2.91. The van der Waals surface area contributed by atoms with Crippen molar-refractivity contribution in [3.8, 4) is 5.75 Å². The van der Waals surface area contributed by atoms with Crippen LogP contribution >= 0.6 is 0 Å². The number of hydrogen-bond donors (Lipinski definition) is 2. The second-order valence-corrected chi connectivity index (χ2v) is 6.12. The van der Waals surface area contributed by atoms with E-state index in [9.17, 15) is 4.79 Å². The van der Waals surface area contributed by atoms with Crippen molar-refractivity contribution in [2.75, 3.05) is 5.32 Å². The van der Waals surface area contributed by atoms with Crippen molar-refractivity contribution in [1.82, 2.24) is 0 Å². The van der Waals surface area contributed by atoms with Crippen LogP contribution in [0.2, 0.25) is 0 Å². The number of hydrogen-bond acceptors (Lipinski definition) is 3. The molecule has 4 nitrogen and oxygen atoms in total. The summed E-state index contributed by atoms with van der Waals surface area (Å²) in [4.78, 5) is 12.3. The van der Waals surface area contributed by atoms with Crippen molar-refractivity contribution in [2.45, 2.75) is 37.8 Å². The van der Waals surface area contributed by atoms with Crippen LogP contribution in [0.15, 0.2) is 54.6 Å². The summed E-state index contributed by atoms with van der Waals surface area (Å²) >= 11 is 0. The first-order chi connectivity index (χ1) is 11.2. The second kappa shape index (κ2) is 6.84. The summed E-state index contributed by atoms with van der Waals surface area (Å²) in [6.45, 7) is 0.526. The van der Waals surface area contributed by atoms with Crippen molar-refractivity contribution < 1.29 is 9.53 Å². The lowest BCUT2D eigenvalue weighted by molar-refractivity contribution is -0.121. The van der Waals surface area contributed by atoms with Crippen LogP contribution in [-0.4, -0.2) is 11.4 Å². The number of anilines is 1. The molecule has 0 radical (unpaired) electrons. The summed E-state index contributed by atoms with van der Waals surface area (Å²) < 4.78 is 5.73. The van der Waals surface area contributed by atoms with Crippen molar-refractivity contribution in [3.05, 3.63) is 60.2 Å².